The van der Waals surface area contributed by atoms with Crippen molar-refractivity contribution in [1.82, 2.24) is 5.32 Å². The smallest absolute Gasteiger partial charge is 0.313 e. The Labute approximate surface area is 307 Å². The van der Waals surface area contributed by atoms with Crippen LogP contribution < -0.4 is 10.1 Å². The highest BCUT2D eigenvalue weighted by Crippen LogP contribution is 2.45. The minimum atomic E-state index is -1.67. The summed E-state index contributed by atoms with van der Waals surface area (Å²) in [4.78, 5) is 68.5. The Balaban J connectivity index is 2.34. The van der Waals surface area contributed by atoms with Crippen LogP contribution in [0.15, 0.2) is 46.1 Å². The van der Waals surface area contributed by atoms with Crippen molar-refractivity contribution >= 4 is 41.0 Å². The van der Waals surface area contributed by atoms with Crippen molar-refractivity contribution in [3.63, 3.8) is 0 Å². The van der Waals surface area contributed by atoms with Gasteiger partial charge < -0.3 is 40.3 Å². The zero-order chi connectivity index (χ0) is 39.5. The lowest BCUT2D eigenvalue weighted by atomic mass is 9.76. The number of methoxy groups -OCH3 is 2. The van der Waals surface area contributed by atoms with E-state index in [0.29, 0.717) is 0 Å². The molecule has 0 radical (unpaired) electrons. The van der Waals surface area contributed by atoms with E-state index >= 15 is 0 Å². The molecule has 0 aromatic heterocycles. The van der Waals surface area contributed by atoms with Gasteiger partial charge in [-0.15, -0.1) is 11.8 Å². The number of thioether (sulfide) groups is 1. The van der Waals surface area contributed by atoms with Crippen molar-refractivity contribution in [3.8, 4) is 11.5 Å². The summed E-state index contributed by atoms with van der Waals surface area (Å²) in [6.45, 7) is 10.4. The Morgan fingerprint density at radius 2 is 1.33 bits per heavy atom. The van der Waals surface area contributed by atoms with E-state index in [1.165, 1.54) is 66.2 Å². The first kappa shape index (κ1) is 42.3. The summed E-state index contributed by atoms with van der Waals surface area (Å²) in [5.74, 6) is -10.1. The average molecular weight is 744 g/mol. The Bertz CT molecular complexity index is 1760. The van der Waals surface area contributed by atoms with Crippen LogP contribution in [0.3, 0.4) is 0 Å². The molecule has 13 nitrogen and oxygen atoms in total. The van der Waals surface area contributed by atoms with Gasteiger partial charge in [0.1, 0.15) is 23.1 Å². The first-order valence-electron chi connectivity index (χ1n) is 16.8. The number of ether oxygens (including phenoxy) is 2. The fourth-order valence-electron chi connectivity index (χ4n) is 6.70. The Kier molecular flexibility index (Phi) is 14.0. The number of amides is 1. The molecule has 4 rings (SSSR count). The zero-order valence-electron chi connectivity index (χ0n) is 31.0. The first-order chi connectivity index (χ1) is 24.3. The molecule has 0 saturated carbocycles. The van der Waals surface area contributed by atoms with E-state index in [1.54, 1.807) is 19.9 Å². The molecule has 6 N–H and O–H groups in total. The number of hydrogen-bond donors (Lipinski definition) is 6. The molecular weight excluding hydrogens is 694 g/mol. The third kappa shape index (κ3) is 7.96. The maximum Gasteiger partial charge on any atom is 0.313 e. The van der Waals surface area contributed by atoms with Crippen LogP contribution in [0.2, 0.25) is 0 Å². The van der Waals surface area contributed by atoms with E-state index in [2.05, 4.69) is 5.32 Å². The number of benzene rings is 1. The van der Waals surface area contributed by atoms with Crippen LogP contribution in [0, 0.1) is 36.5 Å². The van der Waals surface area contributed by atoms with E-state index in [0.717, 1.165) is 18.9 Å². The summed E-state index contributed by atoms with van der Waals surface area (Å²) in [6, 6.07) is 0. The quantitative estimate of drug-likeness (QED) is 0.246. The Morgan fingerprint density at radius 3 is 1.85 bits per heavy atom. The molecule has 1 aliphatic carbocycles. The van der Waals surface area contributed by atoms with Crippen molar-refractivity contribution in [3.05, 3.63) is 68.3 Å². The fraction of sp³-hybridized carbons (Fsp3) is 0.500. The highest BCUT2D eigenvalue weighted by atomic mass is 32.2. The van der Waals surface area contributed by atoms with Gasteiger partial charge in [-0.05, 0) is 32.6 Å². The number of ketones is 3. The molecule has 9 atom stereocenters. The minimum Gasteiger partial charge on any atom is -0.507 e. The van der Waals surface area contributed by atoms with Crippen molar-refractivity contribution in [2.75, 3.05) is 20.5 Å². The van der Waals surface area contributed by atoms with Gasteiger partial charge in [-0.3, -0.25) is 24.0 Å². The summed E-state index contributed by atoms with van der Waals surface area (Å²) < 4.78 is 10.4. The summed E-state index contributed by atoms with van der Waals surface area (Å²) >= 11 is 0.868. The molecule has 1 amide bonds. The van der Waals surface area contributed by atoms with Crippen molar-refractivity contribution < 1.29 is 59.0 Å². The number of allylic oxidation sites excluding steroid dienone is 5. The van der Waals surface area contributed by atoms with Crippen LogP contribution in [0.5, 0.6) is 11.5 Å². The molecule has 0 fully saturated rings. The van der Waals surface area contributed by atoms with E-state index in [9.17, 15) is 49.5 Å². The number of carbonyl (C=O) groups excluding carboxylic acids is 5. The second-order valence-electron chi connectivity index (χ2n) is 13.5. The largest absolute Gasteiger partial charge is 0.507 e. The molecule has 14 heteroatoms. The molecule has 4 bridgehead atoms. The van der Waals surface area contributed by atoms with Crippen molar-refractivity contribution in [2.24, 2.45) is 29.6 Å². The van der Waals surface area contributed by atoms with Gasteiger partial charge in [-0.25, -0.2) is 0 Å². The normalized spacial score (nSPS) is 32.4. The van der Waals surface area contributed by atoms with Crippen LogP contribution in [-0.2, 0) is 14.3 Å². The van der Waals surface area contributed by atoms with Gasteiger partial charge in [0.2, 0.25) is 11.6 Å². The number of aliphatic hydroxyl groups is 4. The second kappa shape index (κ2) is 17.2. The second-order valence-corrected chi connectivity index (χ2v) is 14.3. The van der Waals surface area contributed by atoms with Crippen LogP contribution in [0.1, 0.15) is 78.2 Å². The van der Waals surface area contributed by atoms with Gasteiger partial charge in [-0.1, -0.05) is 52.0 Å². The first-order valence-corrected chi connectivity index (χ1v) is 18.0. The number of carbonyl (C=O) groups is 5. The summed E-state index contributed by atoms with van der Waals surface area (Å²) in [5, 5.41) is 59.0. The Morgan fingerprint density at radius 1 is 0.769 bits per heavy atom. The summed E-state index contributed by atoms with van der Waals surface area (Å²) in [7, 11) is 2.32. The van der Waals surface area contributed by atoms with Crippen LogP contribution in [0.25, 0.3) is 0 Å². The molecule has 52 heavy (non-hydrogen) atoms. The lowest BCUT2D eigenvalue weighted by Crippen LogP contribution is -2.50. The van der Waals surface area contributed by atoms with E-state index in [4.69, 9.17) is 9.47 Å². The molecular formula is C38H49NO12S. The average Bonchev–Trinajstić information content (AvgIpc) is 3.11. The zero-order valence-corrected chi connectivity index (χ0v) is 31.8. The summed E-state index contributed by atoms with van der Waals surface area (Å²) in [6.07, 6.45) is 1.41. The predicted octanol–water partition coefficient (Wildman–Crippen LogP) is 3.20. The number of Topliss-reactive ketones (excluding diaryl/α,β-unsaturated/α-hetero) is 3. The van der Waals surface area contributed by atoms with Crippen molar-refractivity contribution in [2.45, 2.75) is 72.9 Å². The summed E-state index contributed by atoms with van der Waals surface area (Å²) in [5.41, 5.74) is -1.48. The topological polar surface area (TPSA) is 217 Å². The minimum absolute atomic E-state index is 0.00802. The molecule has 1 aromatic rings. The molecule has 0 spiro atoms. The predicted molar refractivity (Wildman–Crippen MR) is 194 cm³/mol. The van der Waals surface area contributed by atoms with Crippen molar-refractivity contribution in [1.29, 1.82) is 0 Å². The maximum atomic E-state index is 14.2. The SMILES string of the molecule is COC(=O)C1C(O)C(C)C(O)C(C)/C=C\C=C(\C)C(=O)NC2=C(SC)C(=O)c3c(c(O)c(C)c(OC)c3C(=O)/C(C)=C\C(C)C(O)C(C)C1O)C2=O. The number of hydrogen-bond acceptors (Lipinski definition) is 13. The fourth-order valence-corrected chi connectivity index (χ4v) is 7.33. The molecule has 1 aromatic carbocycles. The van der Waals surface area contributed by atoms with Gasteiger partial charge in [0.25, 0.3) is 5.91 Å². The Hall–Kier alpha value is -4.08. The standard InChI is InChI=1S/C38H49NO12S/c1-15-12-11-13-16(2)37(48)39-26-33(46)23-22(34(47)36(26)52-10)24(35(50-8)21(7)32(23)45)29(42)18(4)14-17(3)28(41)20(6)31(44)25(38(49)51-9)30(43)19(5)27(15)40/h11-15,17,19-20,25,27-28,30-31,40-41,43-45H,1-10H3,(H,39,48)/b12-11-,16-13-,18-14-. The number of nitrogens with one attached hydrogen (secondary N) is 1. The van der Waals surface area contributed by atoms with Gasteiger partial charge in [0.05, 0.1) is 60.2 Å². The van der Waals surface area contributed by atoms with Gasteiger partial charge in [0, 0.05) is 34.8 Å². The number of fused-ring (bicyclic) bond motifs is 15. The molecule has 2 heterocycles. The van der Waals surface area contributed by atoms with E-state index < -0.39 is 100 Å². The number of esters is 1. The van der Waals surface area contributed by atoms with Gasteiger partial charge in [0.15, 0.2) is 5.78 Å². The molecule has 3 aliphatic rings. The number of phenolic OH excluding ortho intramolecular Hbond substituents is 1. The van der Waals surface area contributed by atoms with E-state index in [1.807, 2.05) is 0 Å². The number of phenols is 1. The number of aliphatic hydroxyl groups excluding tert-OH is 4. The number of rotatable bonds is 3. The van der Waals surface area contributed by atoms with Crippen LogP contribution in [-0.4, -0.2) is 99.7 Å². The third-order valence-electron chi connectivity index (χ3n) is 10.1. The van der Waals surface area contributed by atoms with Gasteiger partial charge >= 0.3 is 5.97 Å². The molecule has 2 aliphatic heterocycles. The van der Waals surface area contributed by atoms with Crippen LogP contribution in [0.4, 0.5) is 0 Å². The monoisotopic (exact) mass is 743 g/mol. The lowest BCUT2D eigenvalue weighted by molar-refractivity contribution is -0.164. The van der Waals surface area contributed by atoms with Gasteiger partial charge in [-0.2, -0.15) is 0 Å². The molecule has 0 saturated heterocycles. The van der Waals surface area contributed by atoms with Crippen LogP contribution >= 0.6 is 11.8 Å². The highest BCUT2D eigenvalue weighted by molar-refractivity contribution is 8.03. The molecule has 9 unspecified atom stereocenters. The molecule has 284 valence electrons. The van der Waals surface area contributed by atoms with E-state index in [-0.39, 0.29) is 38.6 Å². The maximum absolute atomic E-state index is 14.2. The third-order valence-corrected chi connectivity index (χ3v) is 10.9. The lowest BCUT2D eigenvalue weighted by Gasteiger charge is -2.37. The highest BCUT2D eigenvalue weighted by Gasteiger charge is 2.45. The number of aromatic hydroxyl groups is 1.